The number of amides is 1. The Labute approximate surface area is 126 Å². The first-order chi connectivity index (χ1) is 10.7. The molecule has 4 nitrogen and oxygen atoms in total. The van der Waals surface area contributed by atoms with E-state index < -0.39 is 0 Å². The molecule has 1 atom stereocenters. The Kier molecular flexibility index (Phi) is 2.92. The zero-order valence-corrected chi connectivity index (χ0v) is 11.8. The fourth-order valence-corrected chi connectivity index (χ4v) is 2.93. The number of carbonyl (C=O) groups is 1. The summed E-state index contributed by atoms with van der Waals surface area (Å²) in [6.45, 7) is 0.560. The van der Waals surface area contributed by atoms with Gasteiger partial charge in [-0.1, -0.05) is 12.1 Å². The van der Waals surface area contributed by atoms with Crippen LogP contribution in [0.15, 0.2) is 48.5 Å². The number of para-hydroxylation sites is 2. The lowest BCUT2D eigenvalue weighted by Gasteiger charge is -2.16. The Hall–Kier alpha value is -2.69. The summed E-state index contributed by atoms with van der Waals surface area (Å²) in [6, 6.07) is 13.8. The van der Waals surface area contributed by atoms with E-state index in [0.29, 0.717) is 13.0 Å². The van der Waals surface area contributed by atoms with E-state index >= 15 is 0 Å². The van der Waals surface area contributed by atoms with Crippen LogP contribution in [0.1, 0.15) is 18.2 Å². The highest BCUT2D eigenvalue weighted by Gasteiger charge is 2.33. The topological polar surface area (TPSA) is 49.0 Å². The first kappa shape index (κ1) is 13.0. The zero-order valence-electron chi connectivity index (χ0n) is 11.8. The number of H-pyrrole nitrogens is 1. The molecule has 1 fully saturated rings. The summed E-state index contributed by atoms with van der Waals surface area (Å²) in [4.78, 5) is 21.8. The first-order valence-electron chi connectivity index (χ1n) is 7.21. The van der Waals surface area contributed by atoms with E-state index in [9.17, 15) is 9.18 Å². The Morgan fingerprint density at radius 2 is 1.91 bits per heavy atom. The standard InChI is InChI=1S/C17H14FN3O/c18-12-5-7-13(8-6-12)21-10-11(9-16(21)22)17-19-14-3-1-2-4-15(14)20-17/h1-8,11H,9-10H2,(H,19,20)/t11-/m1/s1. The summed E-state index contributed by atoms with van der Waals surface area (Å²) in [7, 11) is 0. The van der Waals surface area contributed by atoms with E-state index in [1.165, 1.54) is 12.1 Å². The molecule has 2 heterocycles. The number of hydrogen-bond donors (Lipinski definition) is 1. The van der Waals surface area contributed by atoms with Crippen LogP contribution in [0.3, 0.4) is 0 Å². The van der Waals surface area contributed by atoms with E-state index in [1.807, 2.05) is 24.3 Å². The summed E-state index contributed by atoms with van der Waals surface area (Å²) >= 11 is 0. The minimum Gasteiger partial charge on any atom is -0.342 e. The van der Waals surface area contributed by atoms with E-state index in [2.05, 4.69) is 9.97 Å². The lowest BCUT2D eigenvalue weighted by atomic mass is 10.1. The van der Waals surface area contributed by atoms with Crippen molar-refractivity contribution >= 4 is 22.6 Å². The monoisotopic (exact) mass is 295 g/mol. The molecule has 1 aliphatic heterocycles. The summed E-state index contributed by atoms with van der Waals surface area (Å²) in [6.07, 6.45) is 0.414. The zero-order chi connectivity index (χ0) is 15.1. The summed E-state index contributed by atoms with van der Waals surface area (Å²) in [5.41, 5.74) is 2.61. The van der Waals surface area contributed by atoms with Gasteiger partial charge in [0.25, 0.3) is 0 Å². The third kappa shape index (κ3) is 2.15. The van der Waals surface area contributed by atoms with Crippen LogP contribution in [-0.2, 0) is 4.79 Å². The Morgan fingerprint density at radius 3 is 2.68 bits per heavy atom. The molecule has 0 saturated carbocycles. The number of benzene rings is 2. The van der Waals surface area contributed by atoms with Crippen LogP contribution in [0.4, 0.5) is 10.1 Å². The fourth-order valence-electron chi connectivity index (χ4n) is 2.93. The van der Waals surface area contributed by atoms with Gasteiger partial charge >= 0.3 is 0 Å². The van der Waals surface area contributed by atoms with Crippen molar-refractivity contribution in [2.45, 2.75) is 12.3 Å². The molecule has 0 spiro atoms. The van der Waals surface area contributed by atoms with Crippen LogP contribution < -0.4 is 4.90 Å². The van der Waals surface area contributed by atoms with Gasteiger partial charge in [-0.05, 0) is 36.4 Å². The Morgan fingerprint density at radius 1 is 1.14 bits per heavy atom. The fraction of sp³-hybridized carbons (Fsp3) is 0.176. The van der Waals surface area contributed by atoms with Crippen LogP contribution >= 0.6 is 0 Å². The summed E-state index contributed by atoms with van der Waals surface area (Å²) < 4.78 is 13.0. The molecule has 5 heteroatoms. The molecule has 1 aliphatic rings. The molecular weight excluding hydrogens is 281 g/mol. The molecule has 0 bridgehead atoms. The molecule has 0 aliphatic carbocycles. The second-order valence-corrected chi connectivity index (χ2v) is 5.52. The number of nitrogens with one attached hydrogen (secondary N) is 1. The molecule has 0 radical (unpaired) electrons. The van der Waals surface area contributed by atoms with Gasteiger partial charge in [0.05, 0.1) is 11.0 Å². The van der Waals surface area contributed by atoms with Crippen molar-refractivity contribution in [2.75, 3.05) is 11.4 Å². The predicted molar refractivity (Wildman–Crippen MR) is 82.2 cm³/mol. The number of fused-ring (bicyclic) bond motifs is 1. The number of imidazole rings is 1. The van der Waals surface area contributed by atoms with Crippen molar-refractivity contribution in [2.24, 2.45) is 0 Å². The predicted octanol–water partition coefficient (Wildman–Crippen LogP) is 3.22. The highest BCUT2D eigenvalue weighted by Crippen LogP contribution is 2.31. The minimum absolute atomic E-state index is 0.0324. The van der Waals surface area contributed by atoms with Crippen LogP contribution in [0, 0.1) is 5.82 Å². The van der Waals surface area contributed by atoms with E-state index in [1.54, 1.807) is 17.0 Å². The summed E-state index contributed by atoms with van der Waals surface area (Å²) in [5.74, 6) is 0.602. The quantitative estimate of drug-likeness (QED) is 0.789. The maximum Gasteiger partial charge on any atom is 0.227 e. The first-order valence-corrected chi connectivity index (χ1v) is 7.21. The van der Waals surface area contributed by atoms with Crippen LogP contribution in [0.2, 0.25) is 0 Å². The van der Waals surface area contributed by atoms with Crippen molar-refractivity contribution in [1.82, 2.24) is 9.97 Å². The molecule has 4 rings (SSSR count). The second-order valence-electron chi connectivity index (χ2n) is 5.52. The Balaban J connectivity index is 1.62. The molecule has 22 heavy (non-hydrogen) atoms. The van der Waals surface area contributed by atoms with Gasteiger partial charge in [-0.3, -0.25) is 4.79 Å². The smallest absolute Gasteiger partial charge is 0.227 e. The van der Waals surface area contributed by atoms with Crippen molar-refractivity contribution < 1.29 is 9.18 Å². The molecule has 110 valence electrons. The highest BCUT2D eigenvalue weighted by molar-refractivity contribution is 5.96. The van der Waals surface area contributed by atoms with Gasteiger partial charge in [-0.15, -0.1) is 0 Å². The van der Waals surface area contributed by atoms with Crippen molar-refractivity contribution in [3.05, 3.63) is 60.2 Å². The number of hydrogen-bond acceptors (Lipinski definition) is 2. The van der Waals surface area contributed by atoms with Gasteiger partial charge in [-0.25, -0.2) is 9.37 Å². The molecule has 1 saturated heterocycles. The number of carbonyl (C=O) groups excluding carboxylic acids is 1. The minimum atomic E-state index is -0.302. The van der Waals surface area contributed by atoms with E-state index in [-0.39, 0.29) is 17.6 Å². The largest absolute Gasteiger partial charge is 0.342 e. The number of aromatic amines is 1. The molecular formula is C17H14FN3O. The van der Waals surface area contributed by atoms with Crippen molar-refractivity contribution in [3.8, 4) is 0 Å². The van der Waals surface area contributed by atoms with Crippen molar-refractivity contribution in [1.29, 1.82) is 0 Å². The third-order valence-corrected chi connectivity index (χ3v) is 4.06. The number of anilines is 1. The average molecular weight is 295 g/mol. The SMILES string of the molecule is O=C1C[C@@H](c2nc3ccccc3[nH]2)CN1c1ccc(F)cc1. The van der Waals surface area contributed by atoms with Gasteiger partial charge in [0, 0.05) is 24.6 Å². The van der Waals surface area contributed by atoms with Gasteiger partial charge in [0.1, 0.15) is 11.6 Å². The number of aromatic nitrogens is 2. The Bertz CT molecular complexity index is 807. The molecule has 1 N–H and O–H groups in total. The average Bonchev–Trinajstić information content (AvgIpc) is 3.11. The van der Waals surface area contributed by atoms with Gasteiger partial charge in [0.15, 0.2) is 0 Å². The third-order valence-electron chi connectivity index (χ3n) is 4.06. The second kappa shape index (κ2) is 4.94. The molecule has 1 aromatic heterocycles. The number of halogens is 1. The summed E-state index contributed by atoms with van der Waals surface area (Å²) in [5, 5.41) is 0. The van der Waals surface area contributed by atoms with E-state index in [4.69, 9.17) is 0 Å². The molecule has 3 aromatic rings. The maximum atomic E-state index is 13.0. The number of nitrogens with zero attached hydrogens (tertiary/aromatic N) is 2. The number of rotatable bonds is 2. The van der Waals surface area contributed by atoms with Gasteiger partial charge < -0.3 is 9.88 Å². The van der Waals surface area contributed by atoms with Crippen LogP contribution in [-0.4, -0.2) is 22.4 Å². The normalized spacial score (nSPS) is 18.3. The molecule has 0 unspecified atom stereocenters. The maximum absolute atomic E-state index is 13.0. The van der Waals surface area contributed by atoms with E-state index in [0.717, 1.165) is 22.5 Å². The van der Waals surface area contributed by atoms with Crippen molar-refractivity contribution in [3.63, 3.8) is 0 Å². The van der Waals surface area contributed by atoms with Crippen LogP contribution in [0.25, 0.3) is 11.0 Å². The highest BCUT2D eigenvalue weighted by atomic mass is 19.1. The van der Waals surface area contributed by atoms with Gasteiger partial charge in [-0.2, -0.15) is 0 Å². The lowest BCUT2D eigenvalue weighted by Crippen LogP contribution is -2.24. The van der Waals surface area contributed by atoms with Gasteiger partial charge in [0.2, 0.25) is 5.91 Å². The molecule has 2 aromatic carbocycles. The molecule has 1 amide bonds. The lowest BCUT2D eigenvalue weighted by molar-refractivity contribution is -0.117. The van der Waals surface area contributed by atoms with Crippen LogP contribution in [0.5, 0.6) is 0 Å².